The number of aliphatic imine (C=N–C) groups is 1. The second kappa shape index (κ2) is 9.93. The molecular formula is C38H28N4. The fourth-order valence-electron chi connectivity index (χ4n) is 6.16. The Bertz CT molecular complexity index is 2110. The van der Waals surface area contributed by atoms with E-state index >= 15 is 0 Å². The summed E-state index contributed by atoms with van der Waals surface area (Å²) in [6.45, 7) is 2.15. The van der Waals surface area contributed by atoms with Crippen molar-refractivity contribution in [1.29, 1.82) is 0 Å². The van der Waals surface area contributed by atoms with Crippen molar-refractivity contribution in [2.45, 2.75) is 19.8 Å². The van der Waals surface area contributed by atoms with E-state index < -0.39 is 0 Å². The van der Waals surface area contributed by atoms with Crippen LogP contribution in [0.3, 0.4) is 0 Å². The van der Waals surface area contributed by atoms with Crippen LogP contribution in [0.5, 0.6) is 0 Å². The van der Waals surface area contributed by atoms with Crippen LogP contribution in [0.25, 0.3) is 61.0 Å². The van der Waals surface area contributed by atoms with Gasteiger partial charge in [-0.25, -0.2) is 4.99 Å². The van der Waals surface area contributed by atoms with Crippen LogP contribution in [0, 0.1) is 6.92 Å². The number of aromatic nitrogens is 3. The normalized spacial score (nSPS) is 12.6. The molecule has 0 spiro atoms. The summed E-state index contributed by atoms with van der Waals surface area (Å²) in [5, 5.41) is 3.77. The Kier molecular flexibility index (Phi) is 5.78. The minimum atomic E-state index is 0.860. The van der Waals surface area contributed by atoms with Crippen LogP contribution < -0.4 is 0 Å². The third-order valence-electron chi connectivity index (χ3n) is 8.29. The third-order valence-corrected chi connectivity index (χ3v) is 8.29. The molecule has 0 N–H and O–H groups in total. The zero-order valence-electron chi connectivity index (χ0n) is 23.3. The maximum Gasteiger partial charge on any atom is 0.141 e. The lowest BCUT2D eigenvalue weighted by Crippen LogP contribution is -1.97. The quantitative estimate of drug-likeness (QED) is 0.223. The maximum atomic E-state index is 4.81. The molecule has 0 aliphatic carbocycles. The molecule has 0 radical (unpaired) electrons. The highest BCUT2D eigenvalue weighted by Gasteiger charge is 2.19. The monoisotopic (exact) mass is 540 g/mol. The summed E-state index contributed by atoms with van der Waals surface area (Å²) >= 11 is 0. The highest BCUT2D eigenvalue weighted by atomic mass is 15.1. The zero-order chi connectivity index (χ0) is 28.0. The summed E-state index contributed by atoms with van der Waals surface area (Å²) in [7, 11) is 0. The van der Waals surface area contributed by atoms with Crippen LogP contribution in [0.15, 0.2) is 127 Å². The molecule has 8 rings (SSSR count). The second-order valence-electron chi connectivity index (χ2n) is 10.9. The first-order valence-corrected chi connectivity index (χ1v) is 14.4. The van der Waals surface area contributed by atoms with Gasteiger partial charge in [-0.3, -0.25) is 14.5 Å². The maximum absolute atomic E-state index is 4.81. The first-order chi connectivity index (χ1) is 20.7. The lowest BCUT2D eigenvalue weighted by Gasteiger charge is -2.12. The van der Waals surface area contributed by atoms with Gasteiger partial charge in [-0.2, -0.15) is 0 Å². The van der Waals surface area contributed by atoms with Gasteiger partial charge in [0.2, 0.25) is 0 Å². The topological polar surface area (TPSA) is 43.1 Å². The van der Waals surface area contributed by atoms with Gasteiger partial charge in [0.05, 0.1) is 16.9 Å². The molecule has 1 aliphatic heterocycles. The minimum absolute atomic E-state index is 0.860. The number of aryl methyl sites for hydroxylation is 2. The molecule has 42 heavy (non-hydrogen) atoms. The van der Waals surface area contributed by atoms with E-state index in [0.717, 1.165) is 52.4 Å². The van der Waals surface area contributed by atoms with Gasteiger partial charge in [0.1, 0.15) is 5.82 Å². The van der Waals surface area contributed by atoms with Crippen molar-refractivity contribution in [3.8, 4) is 39.3 Å². The fraction of sp³-hybridized carbons (Fsp3) is 0.0789. The molecule has 4 nitrogen and oxygen atoms in total. The van der Waals surface area contributed by atoms with Crippen molar-refractivity contribution in [3.05, 3.63) is 133 Å². The lowest BCUT2D eigenvalue weighted by molar-refractivity contribution is 1.00. The molecular weight excluding hydrogens is 512 g/mol. The molecule has 0 atom stereocenters. The summed E-state index contributed by atoms with van der Waals surface area (Å²) in [6.07, 6.45) is 7.94. The summed E-state index contributed by atoms with van der Waals surface area (Å²) in [6, 6.07) is 38.6. The van der Waals surface area contributed by atoms with Crippen molar-refractivity contribution < 1.29 is 0 Å². The highest BCUT2D eigenvalue weighted by molar-refractivity contribution is 5.97. The van der Waals surface area contributed by atoms with E-state index in [1.165, 1.54) is 38.4 Å². The van der Waals surface area contributed by atoms with E-state index in [0.29, 0.717) is 0 Å². The van der Waals surface area contributed by atoms with Crippen molar-refractivity contribution in [3.63, 3.8) is 0 Å². The summed E-state index contributed by atoms with van der Waals surface area (Å²) in [5.41, 5.74) is 11.2. The number of hydrogen-bond acceptors (Lipinski definition) is 3. The van der Waals surface area contributed by atoms with E-state index in [9.17, 15) is 0 Å². The molecule has 7 aromatic rings. The van der Waals surface area contributed by atoms with Gasteiger partial charge in [-0.1, -0.05) is 78.4 Å². The molecule has 4 heterocycles. The molecule has 0 saturated heterocycles. The molecule has 0 unspecified atom stereocenters. The van der Waals surface area contributed by atoms with E-state index in [4.69, 9.17) is 15.0 Å². The molecule has 3 aromatic heterocycles. The molecule has 0 bridgehead atoms. The third kappa shape index (κ3) is 4.11. The molecule has 1 aliphatic rings. The van der Waals surface area contributed by atoms with Crippen LogP contribution in [0.1, 0.15) is 17.5 Å². The molecule has 4 aromatic carbocycles. The SMILES string of the molecule is Cc1ccc2c(c1)c1c(n2-c2ccc(-c3ccc(-c4ccc(-c5cccc6ccccc56)cn4)nc3)cc2)N=CCC1. The predicted octanol–water partition coefficient (Wildman–Crippen LogP) is 9.53. The summed E-state index contributed by atoms with van der Waals surface area (Å²) < 4.78 is 2.29. The Balaban J connectivity index is 1.07. The Morgan fingerprint density at radius 2 is 1.38 bits per heavy atom. The fourth-order valence-corrected chi connectivity index (χ4v) is 6.16. The van der Waals surface area contributed by atoms with Gasteiger partial charge >= 0.3 is 0 Å². The van der Waals surface area contributed by atoms with Crippen LogP contribution in [-0.2, 0) is 6.42 Å². The average Bonchev–Trinajstić information content (AvgIpc) is 3.38. The smallest absolute Gasteiger partial charge is 0.141 e. The standard InChI is InChI=1S/C38H28N4/c1-25-11-20-37-34(22-25)33-10-5-21-39-38(33)42(37)30-16-12-26(13-17-30)28-14-18-35(40-23-28)36-19-15-29(24-41-36)32-9-4-7-27-6-2-3-8-31(27)32/h2-4,6-9,11-24H,5,10H2,1H3. The highest BCUT2D eigenvalue weighted by Crippen LogP contribution is 2.38. The number of pyridine rings is 2. The van der Waals surface area contributed by atoms with Gasteiger partial charge in [-0.15, -0.1) is 0 Å². The van der Waals surface area contributed by atoms with Gasteiger partial charge in [0.25, 0.3) is 0 Å². The predicted molar refractivity (Wildman–Crippen MR) is 174 cm³/mol. The Labute approximate surface area is 244 Å². The van der Waals surface area contributed by atoms with Crippen molar-refractivity contribution in [2.24, 2.45) is 4.99 Å². The number of fused-ring (bicyclic) bond motifs is 4. The van der Waals surface area contributed by atoms with Crippen molar-refractivity contribution in [2.75, 3.05) is 0 Å². The summed E-state index contributed by atoms with van der Waals surface area (Å²) in [4.78, 5) is 14.3. The van der Waals surface area contributed by atoms with Crippen molar-refractivity contribution in [1.82, 2.24) is 14.5 Å². The number of benzene rings is 4. The van der Waals surface area contributed by atoms with Crippen molar-refractivity contribution >= 4 is 33.7 Å². The Hall–Kier alpha value is -5.35. The van der Waals surface area contributed by atoms with Crippen LogP contribution in [0.4, 0.5) is 5.82 Å². The van der Waals surface area contributed by atoms with Gasteiger partial charge in [-0.05, 0) is 78.1 Å². The van der Waals surface area contributed by atoms with Gasteiger partial charge in [0.15, 0.2) is 0 Å². The van der Waals surface area contributed by atoms with E-state index in [1.54, 1.807) is 0 Å². The zero-order valence-corrected chi connectivity index (χ0v) is 23.3. The largest absolute Gasteiger partial charge is 0.294 e. The van der Waals surface area contributed by atoms with Crippen LogP contribution in [0.2, 0.25) is 0 Å². The van der Waals surface area contributed by atoms with E-state index in [-0.39, 0.29) is 0 Å². The molecule has 200 valence electrons. The van der Waals surface area contributed by atoms with Crippen LogP contribution in [-0.4, -0.2) is 20.7 Å². The number of rotatable bonds is 4. The average molecular weight is 541 g/mol. The first kappa shape index (κ1) is 24.4. The lowest BCUT2D eigenvalue weighted by atomic mass is 9.99. The number of nitrogens with zero attached hydrogens (tertiary/aromatic N) is 4. The minimum Gasteiger partial charge on any atom is -0.294 e. The molecule has 0 fully saturated rings. The molecule has 0 saturated carbocycles. The first-order valence-electron chi connectivity index (χ1n) is 14.4. The van der Waals surface area contributed by atoms with Gasteiger partial charge in [0, 0.05) is 46.4 Å². The van der Waals surface area contributed by atoms with Gasteiger partial charge < -0.3 is 0 Å². The Morgan fingerprint density at radius 1 is 0.643 bits per heavy atom. The molecule has 4 heteroatoms. The Morgan fingerprint density at radius 3 is 2.17 bits per heavy atom. The molecule has 0 amide bonds. The van der Waals surface area contributed by atoms with Crippen LogP contribution >= 0.6 is 0 Å². The van der Waals surface area contributed by atoms with E-state index in [2.05, 4.69) is 121 Å². The number of hydrogen-bond donors (Lipinski definition) is 0. The second-order valence-corrected chi connectivity index (χ2v) is 10.9. The van der Waals surface area contributed by atoms with E-state index in [1.807, 2.05) is 18.6 Å². The summed E-state index contributed by atoms with van der Waals surface area (Å²) in [5.74, 6) is 1.06.